The molecule has 43 heavy (non-hydrogen) atoms. The summed E-state index contributed by atoms with van der Waals surface area (Å²) in [6, 6.07) is 9.73. The lowest BCUT2D eigenvalue weighted by molar-refractivity contribution is -0.276. The van der Waals surface area contributed by atoms with Crippen molar-refractivity contribution in [3.05, 3.63) is 77.4 Å². The Morgan fingerprint density at radius 3 is 1.19 bits per heavy atom. The maximum Gasteiger partial charge on any atom is 0.573 e. The first kappa shape index (κ1) is 29.7. The summed E-state index contributed by atoms with van der Waals surface area (Å²) in [5, 5.41) is 0.802. The molecule has 0 atom stereocenters. The highest BCUT2D eigenvalue weighted by atomic mass is 19.4. The van der Waals surface area contributed by atoms with Gasteiger partial charge in [-0.25, -0.2) is 4.39 Å². The van der Waals surface area contributed by atoms with Crippen molar-refractivity contribution in [1.82, 2.24) is 0 Å². The topological polar surface area (TPSA) is 54.0 Å². The molecule has 0 N–H and O–H groups in total. The van der Waals surface area contributed by atoms with Gasteiger partial charge < -0.3 is 23.0 Å². The van der Waals surface area contributed by atoms with Crippen LogP contribution in [0.2, 0.25) is 0 Å². The predicted molar refractivity (Wildman–Crippen MR) is 132 cm³/mol. The van der Waals surface area contributed by atoms with Crippen LogP contribution in [0.4, 0.5) is 43.9 Å². The Kier molecular flexibility index (Phi) is 7.22. The third kappa shape index (κ3) is 5.53. The van der Waals surface area contributed by atoms with E-state index >= 15 is 0 Å². The van der Waals surface area contributed by atoms with Crippen LogP contribution in [0.3, 0.4) is 0 Å². The molecule has 2 heterocycles. The Bertz CT molecular complexity index is 2000. The third-order valence-electron chi connectivity index (χ3n) is 6.14. The van der Waals surface area contributed by atoms with E-state index in [1.165, 1.54) is 44.4 Å². The lowest BCUT2D eigenvalue weighted by Gasteiger charge is -2.09. The Morgan fingerprint density at radius 2 is 0.814 bits per heavy atom. The maximum atomic E-state index is 14.1. The van der Waals surface area contributed by atoms with Crippen molar-refractivity contribution in [3.63, 3.8) is 0 Å². The molecule has 0 amide bonds. The Balaban J connectivity index is 0.000000171. The van der Waals surface area contributed by atoms with E-state index in [2.05, 4.69) is 9.47 Å². The molecule has 0 radical (unpaired) electrons. The van der Waals surface area contributed by atoms with E-state index in [9.17, 15) is 43.9 Å². The first-order chi connectivity index (χ1) is 20.1. The molecule has 2 aromatic heterocycles. The van der Waals surface area contributed by atoms with Crippen molar-refractivity contribution in [2.75, 3.05) is 7.11 Å². The van der Waals surface area contributed by atoms with Gasteiger partial charge in [0.15, 0.2) is 45.4 Å². The Morgan fingerprint density at radius 1 is 0.488 bits per heavy atom. The average Bonchev–Trinajstić information content (AvgIpc) is 3.49. The fourth-order valence-electron chi connectivity index (χ4n) is 4.28. The van der Waals surface area contributed by atoms with Crippen LogP contribution in [-0.4, -0.2) is 19.8 Å². The minimum Gasteiger partial charge on any atom is -0.494 e. The van der Waals surface area contributed by atoms with Crippen molar-refractivity contribution < 1.29 is 66.9 Å². The van der Waals surface area contributed by atoms with Gasteiger partial charge in [-0.15, -0.1) is 26.3 Å². The zero-order valence-corrected chi connectivity index (χ0v) is 21.4. The largest absolute Gasteiger partial charge is 0.573 e. The fourth-order valence-corrected chi connectivity index (χ4v) is 4.28. The molecule has 4 aromatic carbocycles. The van der Waals surface area contributed by atoms with Crippen LogP contribution in [0, 0.1) is 30.2 Å². The number of benzene rings is 4. The fraction of sp³-hybridized carbons (Fsp3) is 0.143. The minimum atomic E-state index is -5.05. The molecular formula is C28H14F10O5. The van der Waals surface area contributed by atoms with Gasteiger partial charge in [0.1, 0.15) is 0 Å². The van der Waals surface area contributed by atoms with Gasteiger partial charge in [-0.05, 0) is 48.9 Å². The summed E-state index contributed by atoms with van der Waals surface area (Å²) >= 11 is 0. The van der Waals surface area contributed by atoms with Crippen molar-refractivity contribution in [1.29, 1.82) is 0 Å². The molecule has 6 rings (SSSR count). The first-order valence-electron chi connectivity index (χ1n) is 11.8. The van der Waals surface area contributed by atoms with Crippen molar-refractivity contribution in [3.8, 4) is 17.2 Å². The molecular weight excluding hydrogens is 606 g/mol. The highest BCUT2D eigenvalue weighted by Gasteiger charge is 2.34. The number of methoxy groups -OCH3 is 1. The molecule has 0 aliphatic carbocycles. The zero-order chi connectivity index (χ0) is 31.4. The van der Waals surface area contributed by atoms with Gasteiger partial charge in [0.25, 0.3) is 0 Å². The summed E-state index contributed by atoms with van der Waals surface area (Å²) in [5.74, 6) is -6.42. The number of hydrogen-bond acceptors (Lipinski definition) is 5. The first-order valence-corrected chi connectivity index (χ1v) is 11.8. The standard InChI is InChI=1S/C14H7F5O3.C14H7F5O2/c1-20-8-4-2-6-7-3-5-9(22-14(17,18)19)11(16)13(7)21-12(6)10(8)15;1-6-2-3-7-8-4-5-9(21-14(17,18)19)11(16)13(8)20-12(7)10(6)15/h2-5H,1H3;2-5H,1H3. The molecule has 5 nitrogen and oxygen atoms in total. The molecule has 0 saturated heterocycles. The van der Waals surface area contributed by atoms with Crippen molar-refractivity contribution >= 4 is 43.9 Å². The van der Waals surface area contributed by atoms with E-state index < -0.39 is 58.7 Å². The average molecular weight is 620 g/mol. The summed E-state index contributed by atoms with van der Waals surface area (Å²) in [4.78, 5) is 0. The number of hydrogen-bond donors (Lipinski definition) is 0. The van der Waals surface area contributed by atoms with Crippen LogP contribution in [0.5, 0.6) is 17.2 Å². The summed E-state index contributed by atoms with van der Waals surface area (Å²) in [6.45, 7) is 1.50. The van der Waals surface area contributed by atoms with Gasteiger partial charge >= 0.3 is 12.7 Å². The van der Waals surface area contributed by atoms with Gasteiger partial charge in [-0.1, -0.05) is 12.1 Å². The van der Waals surface area contributed by atoms with Crippen molar-refractivity contribution in [2.24, 2.45) is 0 Å². The summed E-state index contributed by atoms with van der Waals surface area (Å²) in [6.07, 6.45) is -10.1. The van der Waals surface area contributed by atoms with Crippen LogP contribution in [0.1, 0.15) is 5.56 Å². The molecule has 0 spiro atoms. The number of aryl methyl sites for hydroxylation is 1. The normalized spacial score (nSPS) is 12.2. The van der Waals surface area contributed by atoms with Crippen LogP contribution in [0.25, 0.3) is 43.9 Å². The Labute approximate surface area is 232 Å². The van der Waals surface area contributed by atoms with E-state index in [0.29, 0.717) is 0 Å². The molecule has 0 aliphatic heterocycles. The van der Waals surface area contributed by atoms with Gasteiger partial charge in [-0.3, -0.25) is 0 Å². The molecule has 0 aliphatic rings. The highest BCUT2D eigenvalue weighted by Crippen LogP contribution is 2.39. The van der Waals surface area contributed by atoms with Crippen LogP contribution >= 0.6 is 0 Å². The number of rotatable bonds is 3. The molecule has 226 valence electrons. The smallest absolute Gasteiger partial charge is 0.494 e. The minimum absolute atomic E-state index is 0.126. The van der Waals surface area contributed by atoms with Crippen LogP contribution in [-0.2, 0) is 0 Å². The molecule has 0 fully saturated rings. The molecule has 0 unspecified atom stereocenters. The van der Waals surface area contributed by atoms with E-state index in [4.69, 9.17) is 13.6 Å². The van der Waals surface area contributed by atoms with Gasteiger partial charge in [0, 0.05) is 21.5 Å². The number of ether oxygens (including phenoxy) is 3. The SMILES string of the molecule is COc1ccc2c(oc3c(F)c(OC(F)(F)F)ccc32)c1F.Cc1ccc2c(oc3c(F)c(OC(F)(F)F)ccc32)c1F. The van der Waals surface area contributed by atoms with E-state index in [1.54, 1.807) is 0 Å². The molecule has 0 saturated carbocycles. The molecule has 15 heteroatoms. The third-order valence-corrected chi connectivity index (χ3v) is 6.14. The summed E-state index contributed by atoms with van der Waals surface area (Å²) < 4.78 is 151. The monoisotopic (exact) mass is 620 g/mol. The van der Waals surface area contributed by atoms with E-state index in [1.807, 2.05) is 0 Å². The van der Waals surface area contributed by atoms with E-state index in [-0.39, 0.29) is 44.0 Å². The lowest BCUT2D eigenvalue weighted by Crippen LogP contribution is -2.17. The number of alkyl halides is 6. The second-order valence-corrected chi connectivity index (χ2v) is 8.84. The number of fused-ring (bicyclic) bond motifs is 6. The van der Waals surface area contributed by atoms with Crippen molar-refractivity contribution in [2.45, 2.75) is 19.6 Å². The summed E-state index contributed by atoms with van der Waals surface area (Å²) in [7, 11) is 1.24. The summed E-state index contributed by atoms with van der Waals surface area (Å²) in [5.41, 5.74) is -1.22. The van der Waals surface area contributed by atoms with Crippen LogP contribution in [0.15, 0.2) is 57.4 Å². The van der Waals surface area contributed by atoms with Gasteiger partial charge in [0.2, 0.25) is 17.5 Å². The van der Waals surface area contributed by atoms with Gasteiger partial charge in [-0.2, -0.15) is 13.2 Å². The number of furan rings is 2. The zero-order valence-electron chi connectivity index (χ0n) is 21.4. The maximum absolute atomic E-state index is 14.1. The Hall–Kier alpha value is -4.82. The number of halogens is 10. The predicted octanol–water partition coefficient (Wildman–Crippen LogP) is 9.84. The second-order valence-electron chi connectivity index (χ2n) is 8.84. The molecule has 0 bridgehead atoms. The van der Waals surface area contributed by atoms with Gasteiger partial charge in [0.05, 0.1) is 7.11 Å². The lowest BCUT2D eigenvalue weighted by atomic mass is 10.1. The molecule has 6 aromatic rings. The van der Waals surface area contributed by atoms with E-state index in [0.717, 1.165) is 18.2 Å². The van der Waals surface area contributed by atoms with Crippen LogP contribution < -0.4 is 14.2 Å². The second kappa shape index (κ2) is 10.5. The quantitative estimate of drug-likeness (QED) is 0.185. The highest BCUT2D eigenvalue weighted by molar-refractivity contribution is 6.06.